The van der Waals surface area contributed by atoms with Crippen LogP contribution in [0, 0.1) is 0 Å². The van der Waals surface area contributed by atoms with E-state index in [0.717, 1.165) is 62.6 Å². The zero-order chi connectivity index (χ0) is 21.5. The predicted octanol–water partition coefficient (Wildman–Crippen LogP) is 5.63. The minimum absolute atomic E-state index is 0.898. The van der Waals surface area contributed by atoms with E-state index in [1.54, 1.807) is 0 Å². The fourth-order valence-corrected chi connectivity index (χ4v) is 4.23. The molecule has 0 unspecified atom stereocenters. The van der Waals surface area contributed by atoms with Crippen LogP contribution in [0.25, 0.3) is 57.6 Å². The second-order valence-corrected chi connectivity index (χ2v) is 7.96. The highest BCUT2D eigenvalue weighted by Crippen LogP contribution is 2.25. The number of fused-ring (bicyclic) bond motifs is 8. The van der Waals surface area contributed by atoms with Gasteiger partial charge in [-0.25, -0.2) is 9.97 Å². The second-order valence-electron chi connectivity index (χ2n) is 7.96. The summed E-state index contributed by atoms with van der Waals surface area (Å²) in [6, 6.07) is 20.9. The number of H-pyrrole nitrogens is 2. The summed E-state index contributed by atoms with van der Waals surface area (Å²) in [7, 11) is 0. The first-order valence-electron chi connectivity index (χ1n) is 10.8. The maximum Gasteiger partial charge on any atom is 0.214 e. The maximum absolute atomic E-state index is 4.81. The Kier molecular flexibility index (Phi) is 4.32. The number of nitrogens with one attached hydrogen (secondary N) is 2. The fraction of sp³-hybridized carbons (Fsp3) is 0.0741. The molecule has 5 heteroatoms. The molecule has 0 aromatic carbocycles. The molecule has 0 fully saturated rings. The van der Waals surface area contributed by atoms with E-state index in [0.29, 0.717) is 0 Å². The van der Waals surface area contributed by atoms with Crippen LogP contribution in [0.5, 0.6) is 0 Å². The molecule has 2 N–H and O–H groups in total. The monoisotopic (exact) mass is 416 g/mol. The molecule has 0 atom stereocenters. The van der Waals surface area contributed by atoms with Gasteiger partial charge in [0.1, 0.15) is 6.54 Å². The van der Waals surface area contributed by atoms with Crippen molar-refractivity contribution in [3.63, 3.8) is 0 Å². The molecule has 0 radical (unpaired) electrons. The zero-order valence-electron chi connectivity index (χ0n) is 17.7. The number of rotatable bonds is 2. The van der Waals surface area contributed by atoms with Gasteiger partial charge in [-0.3, -0.25) is 0 Å². The molecule has 8 bridgehead atoms. The number of nitrogens with zero attached hydrogens (tertiary/aromatic N) is 3. The minimum Gasteiger partial charge on any atom is -0.355 e. The van der Waals surface area contributed by atoms with Gasteiger partial charge in [0.25, 0.3) is 0 Å². The minimum atomic E-state index is 0.898. The van der Waals surface area contributed by atoms with Crippen LogP contribution in [0.15, 0.2) is 66.9 Å². The summed E-state index contributed by atoms with van der Waals surface area (Å²) < 4.78 is 2.25. The maximum atomic E-state index is 4.81. The van der Waals surface area contributed by atoms with Crippen molar-refractivity contribution in [3.8, 4) is 11.3 Å². The van der Waals surface area contributed by atoms with Crippen LogP contribution in [0.2, 0.25) is 0 Å². The van der Waals surface area contributed by atoms with Gasteiger partial charge in [-0.1, -0.05) is 0 Å². The van der Waals surface area contributed by atoms with Crippen molar-refractivity contribution in [2.24, 2.45) is 0 Å². The lowest BCUT2D eigenvalue weighted by Gasteiger charge is -1.99. The molecule has 154 valence electrons. The molecule has 4 aromatic rings. The summed E-state index contributed by atoms with van der Waals surface area (Å²) in [5.41, 5.74) is 10.1. The summed E-state index contributed by atoms with van der Waals surface area (Å²) in [6.07, 6.45) is 10.3. The van der Waals surface area contributed by atoms with Gasteiger partial charge in [-0.15, -0.1) is 0 Å². The highest BCUT2D eigenvalue weighted by atomic mass is 14.9. The standard InChI is InChI=1S/C27H21N5/c1-2-32-12-4-3-5-27(32)25-16-24-15-22-9-8-20(29-22)13-18-6-7-19(28-18)14-21-10-11-23(30-21)17-26(25)31-24/h3-17H,2H2,1H3,(H,28,29,30,31)/p+1. The van der Waals surface area contributed by atoms with E-state index >= 15 is 0 Å². The largest absolute Gasteiger partial charge is 0.355 e. The molecule has 0 aliphatic carbocycles. The summed E-state index contributed by atoms with van der Waals surface area (Å²) in [5.74, 6) is 0. The van der Waals surface area contributed by atoms with Crippen LogP contribution in [0.3, 0.4) is 0 Å². The normalized spacial score (nSPS) is 12.4. The second kappa shape index (κ2) is 7.46. The Morgan fingerprint density at radius 3 is 1.97 bits per heavy atom. The summed E-state index contributed by atoms with van der Waals surface area (Å²) in [5, 5.41) is 0. The van der Waals surface area contributed by atoms with Gasteiger partial charge in [0.05, 0.1) is 33.9 Å². The topological polar surface area (TPSA) is 61.2 Å². The SMILES string of the molecule is CC[n+]1ccccc1-c1cc2cc3nc(cc4ccc(cc5nc(cc1[nH]2)C=C5)[nH]4)C=C3. The van der Waals surface area contributed by atoms with E-state index in [-0.39, 0.29) is 0 Å². The van der Waals surface area contributed by atoms with E-state index in [2.05, 4.69) is 94.4 Å². The van der Waals surface area contributed by atoms with Gasteiger partial charge in [0.15, 0.2) is 6.20 Å². The lowest BCUT2D eigenvalue weighted by Crippen LogP contribution is -2.34. The molecule has 6 rings (SSSR count). The number of pyridine rings is 1. The Hall–Kier alpha value is -4.25. The quantitative estimate of drug-likeness (QED) is 0.359. The van der Waals surface area contributed by atoms with Gasteiger partial charge in [-0.05, 0) is 79.8 Å². The van der Waals surface area contributed by atoms with E-state index < -0.39 is 0 Å². The number of hydrogen-bond donors (Lipinski definition) is 2. The average Bonchev–Trinajstić information content (AvgIpc) is 3.59. The van der Waals surface area contributed by atoms with Crippen molar-refractivity contribution in [2.75, 3.05) is 0 Å². The molecular weight excluding hydrogens is 394 g/mol. The van der Waals surface area contributed by atoms with Crippen molar-refractivity contribution in [2.45, 2.75) is 13.5 Å². The molecule has 0 saturated heterocycles. The highest BCUT2D eigenvalue weighted by molar-refractivity contribution is 5.85. The van der Waals surface area contributed by atoms with Gasteiger partial charge in [-0.2, -0.15) is 4.57 Å². The lowest BCUT2D eigenvalue weighted by atomic mass is 10.1. The molecule has 0 amide bonds. The molecule has 5 nitrogen and oxygen atoms in total. The molecule has 6 heterocycles. The van der Waals surface area contributed by atoms with E-state index in [1.807, 2.05) is 18.2 Å². The fourth-order valence-electron chi connectivity index (χ4n) is 4.23. The molecule has 0 spiro atoms. The number of aromatic nitrogens is 5. The number of hydrogen-bond acceptors (Lipinski definition) is 2. The van der Waals surface area contributed by atoms with Crippen molar-refractivity contribution in [1.29, 1.82) is 0 Å². The third kappa shape index (κ3) is 3.44. The van der Waals surface area contributed by atoms with Crippen LogP contribution in [-0.2, 0) is 6.54 Å². The Morgan fingerprint density at radius 2 is 1.31 bits per heavy atom. The van der Waals surface area contributed by atoms with Crippen molar-refractivity contribution in [1.82, 2.24) is 19.9 Å². The van der Waals surface area contributed by atoms with E-state index in [4.69, 9.17) is 9.97 Å². The Labute approximate surface area is 185 Å². The summed E-state index contributed by atoms with van der Waals surface area (Å²) >= 11 is 0. The molecule has 4 aromatic heterocycles. The van der Waals surface area contributed by atoms with Crippen molar-refractivity contribution < 1.29 is 4.57 Å². The van der Waals surface area contributed by atoms with Crippen LogP contribution < -0.4 is 4.57 Å². The van der Waals surface area contributed by atoms with Crippen molar-refractivity contribution in [3.05, 3.63) is 89.6 Å². The highest BCUT2D eigenvalue weighted by Gasteiger charge is 2.15. The molecule has 2 aliphatic heterocycles. The number of aromatic amines is 2. The van der Waals surface area contributed by atoms with Crippen LogP contribution in [0.1, 0.15) is 29.7 Å². The summed E-state index contributed by atoms with van der Waals surface area (Å²) in [6.45, 7) is 3.06. The predicted molar refractivity (Wildman–Crippen MR) is 130 cm³/mol. The van der Waals surface area contributed by atoms with Crippen molar-refractivity contribution >= 4 is 46.4 Å². The Balaban J connectivity index is 1.68. The third-order valence-corrected chi connectivity index (χ3v) is 5.73. The average molecular weight is 417 g/mol. The van der Waals surface area contributed by atoms with Gasteiger partial charge >= 0.3 is 0 Å². The smallest absolute Gasteiger partial charge is 0.214 e. The van der Waals surface area contributed by atoms with E-state index in [9.17, 15) is 0 Å². The first kappa shape index (κ1) is 18.5. The molecular formula is C27H22N5+. The first-order chi connectivity index (χ1) is 15.7. The molecule has 2 aliphatic rings. The molecule has 0 saturated carbocycles. The summed E-state index contributed by atoms with van der Waals surface area (Å²) in [4.78, 5) is 16.6. The van der Waals surface area contributed by atoms with Crippen LogP contribution in [0.4, 0.5) is 0 Å². The van der Waals surface area contributed by atoms with Gasteiger partial charge < -0.3 is 9.97 Å². The third-order valence-electron chi connectivity index (χ3n) is 5.73. The van der Waals surface area contributed by atoms with Crippen LogP contribution in [-0.4, -0.2) is 19.9 Å². The van der Waals surface area contributed by atoms with Crippen LogP contribution >= 0.6 is 0 Å². The van der Waals surface area contributed by atoms with E-state index in [1.165, 1.54) is 0 Å². The van der Waals surface area contributed by atoms with Gasteiger partial charge in [0.2, 0.25) is 5.69 Å². The lowest BCUT2D eigenvalue weighted by molar-refractivity contribution is -0.682. The van der Waals surface area contributed by atoms with Gasteiger partial charge in [0, 0.05) is 28.7 Å². The number of aryl methyl sites for hydroxylation is 1. The molecule has 32 heavy (non-hydrogen) atoms. The first-order valence-corrected chi connectivity index (χ1v) is 10.8. The zero-order valence-corrected chi connectivity index (χ0v) is 17.7. The Morgan fingerprint density at radius 1 is 0.688 bits per heavy atom. The Bertz CT molecular complexity index is 1570.